The highest BCUT2D eigenvalue weighted by atomic mass is 16.2. The average molecular weight is 415 g/mol. The molecule has 3 aromatic carbocycles. The van der Waals surface area contributed by atoms with Crippen molar-refractivity contribution in [2.45, 2.75) is 13.0 Å². The van der Waals surface area contributed by atoms with Gasteiger partial charge in [0.15, 0.2) is 6.54 Å². The minimum absolute atomic E-state index is 0.151. The molecule has 5 nitrogen and oxygen atoms in total. The Morgan fingerprint density at radius 3 is 2.39 bits per heavy atom. The molecule has 158 valence electrons. The summed E-state index contributed by atoms with van der Waals surface area (Å²) >= 11 is 0. The lowest BCUT2D eigenvalue weighted by Gasteiger charge is -2.30. The van der Waals surface area contributed by atoms with Crippen LogP contribution in [0.15, 0.2) is 77.9 Å². The molecule has 0 atom stereocenters. The van der Waals surface area contributed by atoms with E-state index in [9.17, 15) is 4.79 Å². The smallest absolute Gasteiger partial charge is 0.297 e. The van der Waals surface area contributed by atoms with Crippen LogP contribution in [-0.2, 0) is 11.3 Å². The minimum atomic E-state index is 0.151. The average Bonchev–Trinajstić information content (AvgIpc) is 3.32. The second-order valence-corrected chi connectivity index (χ2v) is 8.67. The fraction of sp³-hybridized carbons (Fsp3) is 0.308. The Hall–Kier alpha value is -3.02. The van der Waals surface area contributed by atoms with Crippen LogP contribution in [0.1, 0.15) is 17.5 Å². The number of benzene rings is 3. The van der Waals surface area contributed by atoms with E-state index in [1.165, 1.54) is 21.2 Å². The van der Waals surface area contributed by atoms with Crippen LogP contribution in [0.5, 0.6) is 0 Å². The standard InChI is InChI=1S/C26H28N4O/c31-26(30-14-13-25(27-30)22-8-2-1-3-9-22)20-29-17-15-28(16-18-29)19-23-11-6-10-21-7-4-5-12-24(21)23/h1-12H,13-20H2/p+2. The van der Waals surface area contributed by atoms with Gasteiger partial charge >= 0.3 is 0 Å². The van der Waals surface area contributed by atoms with Crippen LogP contribution in [-0.4, -0.2) is 55.9 Å². The van der Waals surface area contributed by atoms with E-state index in [-0.39, 0.29) is 5.91 Å². The topological polar surface area (TPSA) is 41.6 Å². The van der Waals surface area contributed by atoms with Crippen molar-refractivity contribution < 1.29 is 14.6 Å². The molecule has 3 aromatic rings. The van der Waals surface area contributed by atoms with Gasteiger partial charge in [-0.2, -0.15) is 5.10 Å². The maximum Gasteiger partial charge on any atom is 0.297 e. The highest BCUT2D eigenvalue weighted by Gasteiger charge is 2.29. The lowest BCUT2D eigenvalue weighted by Crippen LogP contribution is -3.28. The molecule has 2 aliphatic rings. The van der Waals surface area contributed by atoms with Gasteiger partial charge in [0.05, 0.1) is 12.3 Å². The van der Waals surface area contributed by atoms with Gasteiger partial charge in [-0.3, -0.25) is 4.79 Å². The molecule has 5 heteroatoms. The number of hydrazone groups is 1. The number of fused-ring (bicyclic) bond motifs is 1. The van der Waals surface area contributed by atoms with E-state index in [1.807, 2.05) is 18.2 Å². The summed E-state index contributed by atoms with van der Waals surface area (Å²) in [4.78, 5) is 15.8. The predicted octanol–water partition coefficient (Wildman–Crippen LogP) is 0.760. The van der Waals surface area contributed by atoms with Crippen molar-refractivity contribution in [3.05, 3.63) is 83.9 Å². The monoisotopic (exact) mass is 414 g/mol. The summed E-state index contributed by atoms with van der Waals surface area (Å²) in [7, 11) is 0. The highest BCUT2D eigenvalue weighted by Crippen LogP contribution is 2.17. The third kappa shape index (κ3) is 4.53. The Morgan fingerprint density at radius 2 is 1.55 bits per heavy atom. The van der Waals surface area contributed by atoms with Crippen LogP contribution in [0, 0.1) is 0 Å². The van der Waals surface area contributed by atoms with Crippen LogP contribution in [0.25, 0.3) is 10.8 Å². The van der Waals surface area contributed by atoms with Gasteiger partial charge in [0.25, 0.3) is 5.91 Å². The zero-order valence-electron chi connectivity index (χ0n) is 17.9. The van der Waals surface area contributed by atoms with Crippen molar-refractivity contribution in [3.8, 4) is 0 Å². The van der Waals surface area contributed by atoms with Crippen molar-refractivity contribution in [1.82, 2.24) is 5.01 Å². The molecule has 0 unspecified atom stereocenters. The third-order valence-electron chi connectivity index (χ3n) is 6.58. The molecule has 2 N–H and O–H groups in total. The first kappa shape index (κ1) is 19.9. The van der Waals surface area contributed by atoms with Gasteiger partial charge in [-0.15, -0.1) is 0 Å². The lowest BCUT2D eigenvalue weighted by atomic mass is 10.0. The molecule has 1 fully saturated rings. The Morgan fingerprint density at radius 1 is 0.839 bits per heavy atom. The van der Waals surface area contributed by atoms with Crippen LogP contribution < -0.4 is 9.80 Å². The molecule has 0 bridgehead atoms. The molecule has 0 aliphatic carbocycles. The lowest BCUT2D eigenvalue weighted by molar-refractivity contribution is -1.02. The Bertz CT molecular complexity index is 1080. The Labute approximate surface area is 183 Å². The molecule has 5 rings (SSSR count). The number of piperazine rings is 1. The Balaban J connectivity index is 1.14. The Kier molecular flexibility index (Phi) is 5.78. The molecule has 2 aliphatic heterocycles. The van der Waals surface area contributed by atoms with Crippen molar-refractivity contribution in [3.63, 3.8) is 0 Å². The number of hydrogen-bond donors (Lipinski definition) is 2. The minimum Gasteiger partial charge on any atom is -0.322 e. The van der Waals surface area contributed by atoms with Gasteiger partial charge in [-0.25, -0.2) is 5.01 Å². The van der Waals surface area contributed by atoms with Gasteiger partial charge in [0.1, 0.15) is 32.7 Å². The van der Waals surface area contributed by atoms with Gasteiger partial charge in [0, 0.05) is 12.0 Å². The molecule has 2 heterocycles. The van der Waals surface area contributed by atoms with E-state index in [0.717, 1.165) is 50.4 Å². The largest absolute Gasteiger partial charge is 0.322 e. The summed E-state index contributed by atoms with van der Waals surface area (Å²) in [5.74, 6) is 0.151. The first-order valence-electron chi connectivity index (χ1n) is 11.3. The fourth-order valence-corrected chi connectivity index (χ4v) is 4.80. The normalized spacial score (nSPS) is 21.3. The van der Waals surface area contributed by atoms with Crippen molar-refractivity contribution in [1.29, 1.82) is 0 Å². The van der Waals surface area contributed by atoms with Crippen molar-refractivity contribution in [2.24, 2.45) is 5.10 Å². The first-order valence-corrected chi connectivity index (χ1v) is 11.3. The van der Waals surface area contributed by atoms with Gasteiger partial charge < -0.3 is 9.80 Å². The quantitative estimate of drug-likeness (QED) is 0.636. The fourth-order valence-electron chi connectivity index (χ4n) is 4.80. The second-order valence-electron chi connectivity index (χ2n) is 8.67. The third-order valence-corrected chi connectivity index (χ3v) is 6.58. The number of hydrogen-bond acceptors (Lipinski definition) is 2. The van der Waals surface area contributed by atoms with Crippen LogP contribution in [0.4, 0.5) is 0 Å². The van der Waals surface area contributed by atoms with E-state index in [4.69, 9.17) is 0 Å². The van der Waals surface area contributed by atoms with Crippen LogP contribution >= 0.6 is 0 Å². The zero-order valence-corrected chi connectivity index (χ0v) is 17.9. The SMILES string of the molecule is O=C(C[NH+]1CC[NH+](Cc2cccc3ccccc23)CC1)N1CCC(c2ccccc2)=N1. The highest BCUT2D eigenvalue weighted by molar-refractivity contribution is 6.02. The number of nitrogens with one attached hydrogen (secondary N) is 2. The summed E-state index contributed by atoms with van der Waals surface area (Å²) < 4.78 is 0. The second kappa shape index (κ2) is 9.00. The maximum atomic E-state index is 12.8. The molecule has 0 saturated carbocycles. The summed E-state index contributed by atoms with van der Waals surface area (Å²) in [5.41, 5.74) is 3.57. The van der Waals surface area contributed by atoms with E-state index in [0.29, 0.717) is 13.1 Å². The van der Waals surface area contributed by atoms with Crippen LogP contribution in [0.2, 0.25) is 0 Å². The molecule has 0 radical (unpaired) electrons. The van der Waals surface area contributed by atoms with E-state index >= 15 is 0 Å². The molecule has 0 aromatic heterocycles. The number of carbonyl (C=O) groups is 1. The van der Waals surface area contributed by atoms with Gasteiger partial charge in [-0.05, 0) is 16.3 Å². The summed E-state index contributed by atoms with van der Waals surface area (Å²) in [6.45, 7) is 6.58. The van der Waals surface area contributed by atoms with Crippen LogP contribution in [0.3, 0.4) is 0 Å². The van der Waals surface area contributed by atoms with Crippen molar-refractivity contribution in [2.75, 3.05) is 39.3 Å². The number of quaternary nitrogens is 2. The van der Waals surface area contributed by atoms with Gasteiger partial charge in [0.2, 0.25) is 0 Å². The van der Waals surface area contributed by atoms with E-state index in [2.05, 4.69) is 59.7 Å². The summed E-state index contributed by atoms with van der Waals surface area (Å²) in [6.07, 6.45) is 0.841. The zero-order chi connectivity index (χ0) is 21.0. The molecule has 0 spiro atoms. The summed E-state index contributed by atoms with van der Waals surface area (Å²) in [6, 6.07) is 25.4. The van der Waals surface area contributed by atoms with E-state index in [1.54, 1.807) is 9.91 Å². The number of rotatable bonds is 5. The first-order chi connectivity index (χ1) is 15.3. The molecule has 1 saturated heterocycles. The number of nitrogens with zero attached hydrogens (tertiary/aromatic N) is 2. The van der Waals surface area contributed by atoms with Crippen molar-refractivity contribution >= 4 is 22.4 Å². The molecule has 1 amide bonds. The maximum absolute atomic E-state index is 12.8. The molecule has 31 heavy (non-hydrogen) atoms. The predicted molar refractivity (Wildman–Crippen MR) is 123 cm³/mol. The molecular formula is C26H30N4O+2. The molecular weight excluding hydrogens is 384 g/mol. The number of amides is 1. The van der Waals surface area contributed by atoms with Gasteiger partial charge in [-0.1, -0.05) is 72.8 Å². The van der Waals surface area contributed by atoms with E-state index < -0.39 is 0 Å². The number of carbonyl (C=O) groups excluding carboxylic acids is 1. The summed E-state index contributed by atoms with van der Waals surface area (Å²) in [5, 5.41) is 8.97.